The van der Waals surface area contributed by atoms with Crippen molar-refractivity contribution in [3.8, 4) is 0 Å². The van der Waals surface area contributed by atoms with Gasteiger partial charge in [-0.25, -0.2) is 4.40 Å². The smallest absolute Gasteiger partial charge is 0.260 e. The summed E-state index contributed by atoms with van der Waals surface area (Å²) >= 11 is 2.74. The van der Waals surface area contributed by atoms with Gasteiger partial charge in [0.1, 0.15) is 0 Å². The van der Waals surface area contributed by atoms with Gasteiger partial charge in [0, 0.05) is 18.5 Å². The van der Waals surface area contributed by atoms with Crippen LogP contribution in [0.5, 0.6) is 0 Å². The van der Waals surface area contributed by atoms with Gasteiger partial charge in [-0.1, -0.05) is 11.5 Å². The lowest BCUT2D eigenvalue weighted by molar-refractivity contribution is -0.110. The topological polar surface area (TPSA) is 51.4 Å². The van der Waals surface area contributed by atoms with Gasteiger partial charge < -0.3 is 0 Å². The van der Waals surface area contributed by atoms with Crippen LogP contribution in [-0.2, 0) is 11.8 Å². The zero-order valence-corrected chi connectivity index (χ0v) is 9.52. The van der Waals surface area contributed by atoms with Crippen LogP contribution in [0.1, 0.15) is 6.92 Å². The summed E-state index contributed by atoms with van der Waals surface area (Å²) in [6.07, 6.45) is 0. The number of aryl methyl sites for hydroxylation is 1. The Kier molecular flexibility index (Phi) is 4.09. The summed E-state index contributed by atoms with van der Waals surface area (Å²) in [5, 5.41) is 1.77. The standard InChI is InChI=1S/2C4H5NOS/c1-5-4(6)2-3-7-5;1-3-4(6)2-7-5-3/h2-3H,1H3;2H2,1H3. The van der Waals surface area contributed by atoms with E-state index in [1.165, 1.54) is 23.5 Å². The number of rotatable bonds is 0. The first kappa shape index (κ1) is 11.2. The largest absolute Gasteiger partial charge is 0.292 e. The fraction of sp³-hybridized carbons (Fsp3) is 0.375. The first-order valence-electron chi connectivity index (χ1n) is 3.92. The van der Waals surface area contributed by atoms with Crippen LogP contribution in [0, 0.1) is 0 Å². The number of nitrogens with zero attached hydrogens (tertiary/aromatic N) is 2. The maximum atomic E-state index is 10.4. The lowest BCUT2D eigenvalue weighted by atomic mass is 10.3. The van der Waals surface area contributed by atoms with E-state index in [2.05, 4.69) is 4.40 Å². The van der Waals surface area contributed by atoms with Crippen molar-refractivity contribution in [1.29, 1.82) is 0 Å². The Bertz CT molecular complexity index is 405. The molecule has 2 rings (SSSR count). The first-order valence-corrected chi connectivity index (χ1v) is 5.70. The van der Waals surface area contributed by atoms with Gasteiger partial charge in [-0.15, -0.1) is 0 Å². The van der Waals surface area contributed by atoms with Crippen molar-refractivity contribution < 1.29 is 4.79 Å². The van der Waals surface area contributed by atoms with Crippen LogP contribution in [0.25, 0.3) is 0 Å². The zero-order chi connectivity index (χ0) is 10.6. The number of aromatic nitrogens is 1. The first-order chi connectivity index (χ1) is 6.61. The predicted molar refractivity (Wildman–Crippen MR) is 60.1 cm³/mol. The Morgan fingerprint density at radius 3 is 2.36 bits per heavy atom. The molecule has 6 heteroatoms. The maximum absolute atomic E-state index is 10.4. The van der Waals surface area contributed by atoms with Crippen LogP contribution in [0.4, 0.5) is 0 Å². The molecule has 0 radical (unpaired) electrons. The molecule has 0 atom stereocenters. The molecule has 1 aliphatic heterocycles. The minimum atomic E-state index is 0.0741. The van der Waals surface area contributed by atoms with Gasteiger partial charge in [-0.3, -0.25) is 13.5 Å². The molecular formula is C8H10N2O2S2. The summed E-state index contributed by atoms with van der Waals surface area (Å²) in [5.74, 6) is 0.719. The van der Waals surface area contributed by atoms with E-state index in [0.29, 0.717) is 11.5 Å². The van der Waals surface area contributed by atoms with Gasteiger partial charge in [0.25, 0.3) is 5.56 Å². The van der Waals surface area contributed by atoms with Gasteiger partial charge in [0.2, 0.25) is 0 Å². The fourth-order valence-electron chi connectivity index (χ4n) is 0.680. The minimum absolute atomic E-state index is 0.0741. The van der Waals surface area contributed by atoms with Crippen LogP contribution < -0.4 is 5.56 Å². The van der Waals surface area contributed by atoms with E-state index in [4.69, 9.17) is 0 Å². The number of Topliss-reactive ketones (excluding diaryl/α,β-unsaturated/α-hetero) is 1. The highest BCUT2D eigenvalue weighted by Crippen LogP contribution is 2.10. The number of hydrogen-bond donors (Lipinski definition) is 0. The summed E-state index contributed by atoms with van der Waals surface area (Å²) < 4.78 is 5.37. The molecule has 4 nitrogen and oxygen atoms in total. The van der Waals surface area contributed by atoms with Crippen LogP contribution in [0.15, 0.2) is 20.6 Å². The van der Waals surface area contributed by atoms with Gasteiger partial charge in [-0.05, 0) is 18.9 Å². The Hall–Kier alpha value is -0.880. The highest BCUT2D eigenvalue weighted by molar-refractivity contribution is 7.99. The second-order valence-electron chi connectivity index (χ2n) is 2.62. The molecule has 14 heavy (non-hydrogen) atoms. The number of ketones is 1. The van der Waals surface area contributed by atoms with E-state index in [9.17, 15) is 9.59 Å². The van der Waals surface area contributed by atoms with Gasteiger partial charge in [0.05, 0.1) is 11.5 Å². The van der Waals surface area contributed by atoms with E-state index < -0.39 is 0 Å². The second kappa shape index (κ2) is 5.11. The van der Waals surface area contributed by atoms with E-state index in [1.807, 2.05) is 0 Å². The quantitative estimate of drug-likeness (QED) is 0.628. The van der Waals surface area contributed by atoms with E-state index in [0.717, 1.165) is 0 Å². The number of hydrogen-bond acceptors (Lipinski definition) is 5. The lowest BCUT2D eigenvalue weighted by Crippen LogP contribution is -2.05. The van der Waals surface area contributed by atoms with Crippen LogP contribution in [-0.4, -0.2) is 21.2 Å². The Morgan fingerprint density at radius 2 is 2.21 bits per heavy atom. The highest BCUT2D eigenvalue weighted by Gasteiger charge is 2.11. The van der Waals surface area contributed by atoms with Crippen molar-refractivity contribution in [2.75, 3.05) is 5.75 Å². The van der Waals surface area contributed by atoms with Crippen molar-refractivity contribution in [1.82, 2.24) is 3.96 Å². The van der Waals surface area contributed by atoms with Gasteiger partial charge >= 0.3 is 0 Å². The predicted octanol–water partition coefficient (Wildman–Crippen LogP) is 1.12. The van der Waals surface area contributed by atoms with Crippen molar-refractivity contribution in [2.24, 2.45) is 11.4 Å². The molecule has 0 spiro atoms. The fourth-order valence-corrected chi connectivity index (χ4v) is 1.89. The van der Waals surface area contributed by atoms with Crippen LogP contribution in [0.2, 0.25) is 0 Å². The van der Waals surface area contributed by atoms with Crippen LogP contribution >= 0.6 is 23.5 Å². The molecule has 0 amide bonds. The molecule has 0 N–H and O–H groups in total. The molecule has 0 unspecified atom stereocenters. The molecule has 1 aromatic rings. The number of carbonyl (C=O) groups excluding carboxylic acids is 1. The van der Waals surface area contributed by atoms with Crippen molar-refractivity contribution in [2.45, 2.75) is 6.92 Å². The summed E-state index contributed by atoms with van der Waals surface area (Å²) in [6.45, 7) is 1.74. The van der Waals surface area contributed by atoms with Gasteiger partial charge in [0.15, 0.2) is 5.78 Å². The third-order valence-corrected chi connectivity index (χ3v) is 3.09. The summed E-state index contributed by atoms with van der Waals surface area (Å²) in [6, 6.07) is 1.55. The Morgan fingerprint density at radius 1 is 1.50 bits per heavy atom. The monoisotopic (exact) mass is 230 g/mol. The third-order valence-electron chi connectivity index (χ3n) is 1.54. The minimum Gasteiger partial charge on any atom is -0.292 e. The van der Waals surface area contributed by atoms with E-state index in [1.54, 1.807) is 29.4 Å². The Labute approximate surface area is 89.9 Å². The summed E-state index contributed by atoms with van der Waals surface area (Å²) in [7, 11) is 1.74. The average molecular weight is 230 g/mol. The SMILES string of the molecule is CC1=NSCC1=O.Cn1sccc1=O. The van der Waals surface area contributed by atoms with Crippen LogP contribution in [0.3, 0.4) is 0 Å². The molecule has 1 aromatic heterocycles. The van der Waals surface area contributed by atoms with E-state index >= 15 is 0 Å². The molecule has 0 aliphatic carbocycles. The summed E-state index contributed by atoms with van der Waals surface area (Å²) in [4.78, 5) is 20.8. The molecule has 2 heterocycles. The van der Waals surface area contributed by atoms with Crippen molar-refractivity contribution in [3.05, 3.63) is 21.8 Å². The van der Waals surface area contributed by atoms with Crippen molar-refractivity contribution in [3.63, 3.8) is 0 Å². The lowest BCUT2D eigenvalue weighted by Gasteiger charge is -1.76. The molecule has 0 saturated heterocycles. The molecule has 0 aromatic carbocycles. The van der Waals surface area contributed by atoms with E-state index in [-0.39, 0.29) is 11.3 Å². The summed E-state index contributed by atoms with van der Waals surface area (Å²) in [5.41, 5.74) is 0.731. The van der Waals surface area contributed by atoms with Gasteiger partial charge in [-0.2, -0.15) is 0 Å². The molecule has 0 fully saturated rings. The molecule has 0 bridgehead atoms. The molecule has 0 saturated carbocycles. The van der Waals surface area contributed by atoms with Crippen molar-refractivity contribution >= 4 is 35.0 Å². The third kappa shape index (κ3) is 3.12. The number of carbonyl (C=O) groups is 1. The highest BCUT2D eigenvalue weighted by atomic mass is 32.2. The zero-order valence-electron chi connectivity index (χ0n) is 7.89. The Balaban J connectivity index is 0.000000140. The second-order valence-corrected chi connectivity index (χ2v) is 4.38. The molecular weight excluding hydrogens is 220 g/mol. The average Bonchev–Trinajstić information content (AvgIpc) is 2.67. The molecule has 1 aliphatic rings. The maximum Gasteiger partial charge on any atom is 0.260 e. The molecule has 76 valence electrons. The normalized spacial score (nSPS) is 14.7.